The molecule has 0 bridgehead atoms. The van der Waals surface area contributed by atoms with Crippen LogP contribution in [-0.4, -0.2) is 26.8 Å². The zero-order valence-electron chi connectivity index (χ0n) is 17.0. The molecule has 0 saturated heterocycles. The third-order valence-electron chi connectivity index (χ3n) is 5.78. The van der Waals surface area contributed by atoms with Crippen molar-refractivity contribution in [3.8, 4) is 0 Å². The number of esters is 1. The van der Waals surface area contributed by atoms with Crippen LogP contribution in [0.1, 0.15) is 49.3 Å². The molecule has 4 nitrogen and oxygen atoms in total. The SMILES string of the molecule is CCCC1(c2ccccc2)C(COOC)=C(C(=O)OC)C(C)c2ccccc21. The van der Waals surface area contributed by atoms with Gasteiger partial charge in [0, 0.05) is 16.9 Å². The first-order chi connectivity index (χ1) is 13.6. The third-order valence-corrected chi connectivity index (χ3v) is 5.78. The van der Waals surface area contributed by atoms with Crippen molar-refractivity contribution in [2.75, 3.05) is 20.8 Å². The van der Waals surface area contributed by atoms with Gasteiger partial charge in [-0.15, -0.1) is 0 Å². The number of methoxy groups -OCH3 is 1. The monoisotopic (exact) mass is 380 g/mol. The van der Waals surface area contributed by atoms with Crippen molar-refractivity contribution >= 4 is 5.97 Å². The van der Waals surface area contributed by atoms with E-state index in [0.717, 1.165) is 29.5 Å². The zero-order chi connectivity index (χ0) is 20.1. The highest BCUT2D eigenvalue weighted by molar-refractivity contribution is 5.93. The summed E-state index contributed by atoms with van der Waals surface area (Å²) >= 11 is 0. The molecule has 4 heteroatoms. The molecule has 148 valence electrons. The van der Waals surface area contributed by atoms with E-state index in [1.165, 1.54) is 19.8 Å². The van der Waals surface area contributed by atoms with Crippen LogP contribution in [0, 0.1) is 0 Å². The van der Waals surface area contributed by atoms with Gasteiger partial charge in [-0.1, -0.05) is 74.9 Å². The minimum Gasteiger partial charge on any atom is -0.466 e. The van der Waals surface area contributed by atoms with E-state index in [1.54, 1.807) is 0 Å². The molecule has 0 N–H and O–H groups in total. The summed E-state index contributed by atoms with van der Waals surface area (Å²) in [4.78, 5) is 23.3. The summed E-state index contributed by atoms with van der Waals surface area (Å²) in [6.45, 7) is 4.42. The number of benzene rings is 2. The summed E-state index contributed by atoms with van der Waals surface area (Å²) in [5, 5.41) is 0. The zero-order valence-corrected chi connectivity index (χ0v) is 17.0. The highest BCUT2D eigenvalue weighted by Gasteiger charge is 2.47. The number of hydrogen-bond acceptors (Lipinski definition) is 4. The van der Waals surface area contributed by atoms with Crippen LogP contribution in [0.2, 0.25) is 0 Å². The van der Waals surface area contributed by atoms with Crippen LogP contribution in [0.4, 0.5) is 0 Å². The maximum Gasteiger partial charge on any atom is 0.334 e. The fourth-order valence-electron chi connectivity index (χ4n) is 4.66. The van der Waals surface area contributed by atoms with Gasteiger partial charge >= 0.3 is 5.97 Å². The molecule has 0 fully saturated rings. The van der Waals surface area contributed by atoms with Crippen LogP contribution in [0.5, 0.6) is 0 Å². The van der Waals surface area contributed by atoms with E-state index in [1.807, 2.05) is 24.3 Å². The van der Waals surface area contributed by atoms with E-state index < -0.39 is 5.41 Å². The molecule has 0 heterocycles. The van der Waals surface area contributed by atoms with Gasteiger partial charge in [-0.05, 0) is 28.7 Å². The Balaban J connectivity index is 2.41. The number of rotatable bonds is 7. The van der Waals surface area contributed by atoms with Crippen molar-refractivity contribution in [2.45, 2.75) is 38.0 Å². The van der Waals surface area contributed by atoms with Crippen molar-refractivity contribution in [1.82, 2.24) is 0 Å². The topological polar surface area (TPSA) is 44.8 Å². The Morgan fingerprint density at radius 1 is 1.04 bits per heavy atom. The van der Waals surface area contributed by atoms with Crippen LogP contribution in [0.3, 0.4) is 0 Å². The van der Waals surface area contributed by atoms with E-state index in [0.29, 0.717) is 5.57 Å². The highest BCUT2D eigenvalue weighted by atomic mass is 17.2. The van der Waals surface area contributed by atoms with Gasteiger partial charge in [0.15, 0.2) is 0 Å². The van der Waals surface area contributed by atoms with Crippen LogP contribution in [-0.2, 0) is 24.7 Å². The molecule has 2 aromatic carbocycles. The lowest BCUT2D eigenvalue weighted by Gasteiger charge is -2.44. The molecular formula is C24H28O4. The summed E-state index contributed by atoms with van der Waals surface area (Å²) < 4.78 is 5.20. The summed E-state index contributed by atoms with van der Waals surface area (Å²) in [5.74, 6) is -0.402. The number of carbonyl (C=O) groups is 1. The standard InChI is InChI=1S/C24H28O4/c1-5-15-24(18-11-7-6-8-12-18)20-14-10-9-13-19(20)17(2)22(23(25)26-3)21(24)16-28-27-4/h6-14,17H,5,15-16H2,1-4H3. The molecule has 2 atom stereocenters. The second kappa shape index (κ2) is 8.72. The minimum atomic E-state index is -0.471. The Bertz CT molecular complexity index is 856. The van der Waals surface area contributed by atoms with Gasteiger partial charge in [0.2, 0.25) is 0 Å². The number of hydrogen-bond donors (Lipinski definition) is 0. The third kappa shape index (κ3) is 3.27. The minimum absolute atomic E-state index is 0.0900. The molecular weight excluding hydrogens is 352 g/mol. The lowest BCUT2D eigenvalue weighted by Crippen LogP contribution is -2.40. The van der Waals surface area contributed by atoms with Crippen molar-refractivity contribution in [3.63, 3.8) is 0 Å². The van der Waals surface area contributed by atoms with Gasteiger partial charge in [0.05, 0.1) is 14.2 Å². The van der Waals surface area contributed by atoms with Crippen molar-refractivity contribution < 1.29 is 19.3 Å². The first-order valence-corrected chi connectivity index (χ1v) is 9.74. The molecule has 0 spiro atoms. The van der Waals surface area contributed by atoms with E-state index in [2.05, 4.69) is 44.2 Å². The molecule has 0 radical (unpaired) electrons. The lowest BCUT2D eigenvalue weighted by molar-refractivity contribution is -0.266. The number of carbonyl (C=O) groups excluding carboxylic acids is 1. The normalized spacial score (nSPS) is 21.4. The molecule has 0 amide bonds. The summed E-state index contributed by atoms with van der Waals surface area (Å²) in [7, 11) is 2.92. The molecule has 1 aliphatic rings. The smallest absolute Gasteiger partial charge is 0.334 e. The first-order valence-electron chi connectivity index (χ1n) is 9.74. The Morgan fingerprint density at radius 2 is 1.71 bits per heavy atom. The second-order valence-corrected chi connectivity index (χ2v) is 7.14. The fourth-order valence-corrected chi connectivity index (χ4v) is 4.66. The van der Waals surface area contributed by atoms with E-state index in [4.69, 9.17) is 14.5 Å². The molecule has 28 heavy (non-hydrogen) atoms. The van der Waals surface area contributed by atoms with Gasteiger partial charge in [-0.2, -0.15) is 0 Å². The summed E-state index contributed by atoms with van der Waals surface area (Å²) in [6.07, 6.45) is 1.80. The largest absolute Gasteiger partial charge is 0.466 e. The number of ether oxygens (including phenoxy) is 1. The Labute approximate surface area is 167 Å². The summed E-state index contributed by atoms with van der Waals surface area (Å²) in [5.41, 5.74) is 4.63. The van der Waals surface area contributed by atoms with Gasteiger partial charge in [0.1, 0.15) is 6.61 Å². The van der Waals surface area contributed by atoms with Gasteiger partial charge < -0.3 is 4.74 Å². The highest BCUT2D eigenvalue weighted by Crippen LogP contribution is 2.52. The van der Waals surface area contributed by atoms with Crippen LogP contribution >= 0.6 is 0 Å². The van der Waals surface area contributed by atoms with Crippen LogP contribution < -0.4 is 0 Å². The van der Waals surface area contributed by atoms with Gasteiger partial charge in [0.25, 0.3) is 0 Å². The average Bonchev–Trinajstić information content (AvgIpc) is 2.74. The maximum atomic E-state index is 12.9. The van der Waals surface area contributed by atoms with Gasteiger partial charge in [-0.25, -0.2) is 14.6 Å². The predicted octanol–water partition coefficient (Wildman–Crippen LogP) is 4.94. The Kier molecular flexibility index (Phi) is 6.32. The number of fused-ring (bicyclic) bond motifs is 1. The lowest BCUT2D eigenvalue weighted by atomic mass is 9.59. The van der Waals surface area contributed by atoms with Crippen molar-refractivity contribution in [3.05, 3.63) is 82.4 Å². The van der Waals surface area contributed by atoms with E-state index in [9.17, 15) is 4.79 Å². The predicted molar refractivity (Wildman–Crippen MR) is 109 cm³/mol. The van der Waals surface area contributed by atoms with E-state index in [-0.39, 0.29) is 18.5 Å². The van der Waals surface area contributed by atoms with Crippen LogP contribution in [0.25, 0.3) is 0 Å². The van der Waals surface area contributed by atoms with E-state index >= 15 is 0 Å². The van der Waals surface area contributed by atoms with Crippen molar-refractivity contribution in [1.29, 1.82) is 0 Å². The van der Waals surface area contributed by atoms with Crippen molar-refractivity contribution in [2.24, 2.45) is 0 Å². The fraction of sp³-hybridized carbons (Fsp3) is 0.375. The Morgan fingerprint density at radius 3 is 2.36 bits per heavy atom. The molecule has 0 aromatic heterocycles. The molecule has 1 aliphatic carbocycles. The second-order valence-electron chi connectivity index (χ2n) is 7.14. The molecule has 0 aliphatic heterocycles. The first kappa shape index (κ1) is 20.3. The van der Waals surface area contributed by atoms with Crippen LogP contribution in [0.15, 0.2) is 65.7 Å². The maximum absolute atomic E-state index is 12.9. The molecule has 2 aromatic rings. The van der Waals surface area contributed by atoms with Gasteiger partial charge in [-0.3, -0.25) is 0 Å². The quantitative estimate of drug-likeness (QED) is 0.388. The molecule has 3 rings (SSSR count). The molecule has 2 unspecified atom stereocenters. The average molecular weight is 380 g/mol. The molecule has 0 saturated carbocycles. The Hall–Kier alpha value is -2.43. The summed E-state index contributed by atoms with van der Waals surface area (Å²) in [6, 6.07) is 18.7.